The first-order valence-electron chi connectivity index (χ1n) is 5.45. The number of nitrogens with zero attached hydrogens (tertiary/aromatic N) is 4. The molecule has 0 saturated carbocycles. The maximum atomic E-state index is 10.9. The van der Waals surface area contributed by atoms with Crippen molar-refractivity contribution < 1.29 is 15.0 Å². The summed E-state index contributed by atoms with van der Waals surface area (Å²) in [5.41, 5.74) is 0.816. The van der Waals surface area contributed by atoms with E-state index in [1.54, 1.807) is 13.0 Å². The Morgan fingerprint density at radius 1 is 1.45 bits per heavy atom. The van der Waals surface area contributed by atoms with Gasteiger partial charge < -0.3 is 10.2 Å². The molecule has 2 N–H and O–H groups in total. The number of rotatable bonds is 1. The summed E-state index contributed by atoms with van der Waals surface area (Å²) in [7, 11) is 0. The molecule has 0 aliphatic rings. The molecule has 20 heavy (non-hydrogen) atoms. The highest BCUT2D eigenvalue weighted by molar-refractivity contribution is 7.25. The van der Waals surface area contributed by atoms with Crippen molar-refractivity contribution in [1.82, 2.24) is 15.2 Å². The number of pyridine rings is 1. The molecular formula is C12H6N4O3S. The van der Waals surface area contributed by atoms with Crippen LogP contribution in [-0.2, 0) is 0 Å². The smallest absolute Gasteiger partial charge is 0.360 e. The Balaban J connectivity index is 2.46. The number of thiophene rings is 1. The molecule has 0 aliphatic heterocycles. The molecule has 3 heterocycles. The highest BCUT2D eigenvalue weighted by atomic mass is 32.1. The number of aromatic hydroxyl groups is 1. The van der Waals surface area contributed by atoms with Gasteiger partial charge in [-0.15, -0.1) is 21.5 Å². The van der Waals surface area contributed by atoms with E-state index >= 15 is 0 Å². The summed E-state index contributed by atoms with van der Waals surface area (Å²) in [6, 6.07) is 3.64. The third-order valence-electron chi connectivity index (χ3n) is 2.86. The van der Waals surface area contributed by atoms with Crippen molar-refractivity contribution in [2.75, 3.05) is 0 Å². The molecular weight excluding hydrogens is 280 g/mol. The Bertz CT molecular complexity index is 926. The quantitative estimate of drug-likeness (QED) is 0.700. The summed E-state index contributed by atoms with van der Waals surface area (Å²) in [4.78, 5) is 15.8. The van der Waals surface area contributed by atoms with Crippen molar-refractivity contribution in [3.8, 4) is 11.8 Å². The van der Waals surface area contributed by atoms with Crippen LogP contribution in [0.3, 0.4) is 0 Å². The largest absolute Gasteiger partial charge is 0.504 e. The summed E-state index contributed by atoms with van der Waals surface area (Å²) >= 11 is 1.12. The molecule has 3 rings (SSSR count). The predicted octanol–water partition coefficient (Wildman–Crippen LogP) is 1.82. The molecule has 8 heteroatoms. The Morgan fingerprint density at radius 3 is 2.85 bits per heavy atom. The summed E-state index contributed by atoms with van der Waals surface area (Å²) in [6.45, 7) is 1.70. The van der Waals surface area contributed by atoms with Gasteiger partial charge in [-0.25, -0.2) is 9.78 Å². The van der Waals surface area contributed by atoms with Crippen LogP contribution in [0.5, 0.6) is 5.75 Å². The first kappa shape index (κ1) is 12.3. The van der Waals surface area contributed by atoms with E-state index in [1.165, 1.54) is 0 Å². The number of fused-ring (bicyclic) bond motifs is 3. The lowest BCUT2D eigenvalue weighted by Crippen LogP contribution is -2.02. The highest BCUT2D eigenvalue weighted by Gasteiger charge is 2.20. The second-order valence-corrected chi connectivity index (χ2v) is 5.07. The number of hydrogen-bond acceptors (Lipinski definition) is 7. The van der Waals surface area contributed by atoms with Gasteiger partial charge in [0.25, 0.3) is 0 Å². The molecule has 3 aromatic rings. The molecule has 98 valence electrons. The number of aromatic nitrogens is 3. The van der Waals surface area contributed by atoms with Crippen LogP contribution in [-0.4, -0.2) is 31.4 Å². The molecule has 0 aliphatic carbocycles. The van der Waals surface area contributed by atoms with Crippen LogP contribution >= 0.6 is 11.3 Å². The van der Waals surface area contributed by atoms with Crippen molar-refractivity contribution >= 4 is 37.7 Å². The van der Waals surface area contributed by atoms with E-state index in [9.17, 15) is 9.90 Å². The monoisotopic (exact) mass is 286 g/mol. The average molecular weight is 286 g/mol. The van der Waals surface area contributed by atoms with Gasteiger partial charge in [0, 0.05) is 5.39 Å². The summed E-state index contributed by atoms with van der Waals surface area (Å²) in [5.74, 6) is -1.78. The lowest BCUT2D eigenvalue weighted by Gasteiger charge is -1.98. The molecule has 7 nitrogen and oxygen atoms in total. The second kappa shape index (κ2) is 4.11. The number of nitriles is 1. The summed E-state index contributed by atoms with van der Waals surface area (Å²) in [6.07, 6.45) is 0. The van der Waals surface area contributed by atoms with Crippen LogP contribution in [0.1, 0.15) is 21.7 Å². The Kier molecular flexibility index (Phi) is 2.52. The van der Waals surface area contributed by atoms with Crippen molar-refractivity contribution in [2.45, 2.75) is 6.92 Å². The summed E-state index contributed by atoms with van der Waals surface area (Å²) in [5, 5.41) is 35.8. The Hall–Kier alpha value is -2.79. The first-order chi connectivity index (χ1) is 9.52. The first-order valence-corrected chi connectivity index (χ1v) is 6.27. The molecule has 0 spiro atoms. The van der Waals surface area contributed by atoms with Gasteiger partial charge in [0.2, 0.25) is 5.69 Å². The number of hydrogen-bond donors (Lipinski definition) is 2. The molecule has 0 fully saturated rings. The van der Waals surface area contributed by atoms with Crippen LogP contribution < -0.4 is 0 Å². The van der Waals surface area contributed by atoms with E-state index < -0.39 is 17.4 Å². The molecule has 0 amide bonds. The minimum absolute atomic E-state index is 0.300. The highest BCUT2D eigenvalue weighted by Crippen LogP contribution is 2.38. The van der Waals surface area contributed by atoms with Gasteiger partial charge in [-0.05, 0) is 13.0 Å². The fraction of sp³-hybridized carbons (Fsp3) is 0.0833. The van der Waals surface area contributed by atoms with E-state index in [1.807, 2.05) is 6.07 Å². The molecule has 0 aromatic carbocycles. The van der Waals surface area contributed by atoms with Gasteiger partial charge in [-0.2, -0.15) is 5.26 Å². The third kappa shape index (κ3) is 1.57. The fourth-order valence-corrected chi connectivity index (χ4v) is 2.95. The number of aryl methyl sites for hydroxylation is 1. The van der Waals surface area contributed by atoms with Gasteiger partial charge >= 0.3 is 5.97 Å². The topological polar surface area (TPSA) is 120 Å². The molecule has 3 aromatic heterocycles. The number of carboxylic acids is 1. The third-order valence-corrected chi connectivity index (χ3v) is 3.95. The fourth-order valence-electron chi connectivity index (χ4n) is 1.87. The van der Waals surface area contributed by atoms with E-state index in [2.05, 4.69) is 15.2 Å². The minimum Gasteiger partial charge on any atom is -0.504 e. The van der Waals surface area contributed by atoms with Gasteiger partial charge in [0.15, 0.2) is 5.75 Å². The number of carboxylic acid groups (broad SMARTS) is 1. The lowest BCUT2D eigenvalue weighted by atomic mass is 10.2. The van der Waals surface area contributed by atoms with Crippen LogP contribution in [0, 0.1) is 18.3 Å². The maximum absolute atomic E-state index is 10.9. The zero-order valence-corrected chi connectivity index (χ0v) is 10.9. The Labute approximate surface area is 115 Å². The number of carbonyl (C=O) groups is 1. The van der Waals surface area contributed by atoms with Crippen molar-refractivity contribution in [3.63, 3.8) is 0 Å². The summed E-state index contributed by atoms with van der Waals surface area (Å²) < 4.78 is 0.300. The van der Waals surface area contributed by atoms with Crippen molar-refractivity contribution in [1.29, 1.82) is 5.26 Å². The standard InChI is InChI=1S/C12H6N4O3S/c1-4-5(3-13)2-6-7-10(20-11(6)14-4)9(17)8(12(18)19)16-15-7/h2H,1H3,(H,15,17)(H,18,19). The molecule has 0 saturated heterocycles. The molecule has 0 radical (unpaired) electrons. The van der Waals surface area contributed by atoms with Crippen LogP contribution in [0.2, 0.25) is 0 Å². The molecule has 0 bridgehead atoms. The van der Waals surface area contributed by atoms with Crippen LogP contribution in [0.15, 0.2) is 6.07 Å². The van der Waals surface area contributed by atoms with Gasteiger partial charge in [0.05, 0.1) is 11.3 Å². The molecule has 0 atom stereocenters. The zero-order chi connectivity index (χ0) is 14.4. The van der Waals surface area contributed by atoms with Crippen LogP contribution in [0.4, 0.5) is 0 Å². The van der Waals surface area contributed by atoms with E-state index in [0.29, 0.717) is 31.7 Å². The van der Waals surface area contributed by atoms with Crippen molar-refractivity contribution in [3.05, 3.63) is 23.0 Å². The normalized spacial score (nSPS) is 10.8. The van der Waals surface area contributed by atoms with Gasteiger partial charge in [0.1, 0.15) is 21.1 Å². The van der Waals surface area contributed by atoms with Gasteiger partial charge in [-0.3, -0.25) is 0 Å². The second-order valence-electron chi connectivity index (χ2n) is 4.07. The maximum Gasteiger partial charge on any atom is 0.360 e. The predicted molar refractivity (Wildman–Crippen MR) is 70.8 cm³/mol. The Morgan fingerprint density at radius 2 is 2.20 bits per heavy atom. The van der Waals surface area contributed by atoms with Crippen LogP contribution in [0.25, 0.3) is 20.4 Å². The average Bonchev–Trinajstić information content (AvgIpc) is 2.76. The van der Waals surface area contributed by atoms with E-state index in [-0.39, 0.29) is 0 Å². The SMILES string of the molecule is Cc1nc2sc3c(O)c(C(=O)O)nnc3c2cc1C#N. The minimum atomic E-state index is -1.35. The number of aromatic carboxylic acids is 1. The zero-order valence-electron chi connectivity index (χ0n) is 10.1. The van der Waals surface area contributed by atoms with E-state index in [4.69, 9.17) is 10.4 Å². The van der Waals surface area contributed by atoms with Gasteiger partial charge in [-0.1, -0.05) is 0 Å². The lowest BCUT2D eigenvalue weighted by molar-refractivity contribution is 0.0686. The molecule has 0 unspecified atom stereocenters. The van der Waals surface area contributed by atoms with Crippen molar-refractivity contribution in [2.24, 2.45) is 0 Å². The van der Waals surface area contributed by atoms with E-state index in [0.717, 1.165) is 11.3 Å².